The predicted molar refractivity (Wildman–Crippen MR) is 35.8 cm³/mol. The summed E-state index contributed by atoms with van der Waals surface area (Å²) >= 11 is 0. The van der Waals surface area contributed by atoms with Gasteiger partial charge in [-0.25, -0.2) is 4.79 Å². The number of carboxylic acid groups (broad SMARTS) is 1. The lowest BCUT2D eigenvalue weighted by Crippen LogP contribution is -2.20. The fourth-order valence-corrected chi connectivity index (χ4v) is 1.19. The number of hydrogen-bond acceptors (Lipinski definition) is 2. The highest BCUT2D eigenvalue weighted by Gasteiger charge is 2.28. The maximum atomic E-state index is 10.3. The molecule has 1 aliphatic heterocycles. The Labute approximate surface area is 60.0 Å². The highest BCUT2D eigenvalue weighted by atomic mass is 16.5. The van der Waals surface area contributed by atoms with Crippen molar-refractivity contribution in [3.63, 3.8) is 0 Å². The maximum absolute atomic E-state index is 10.3. The average molecular weight is 144 g/mol. The molecule has 10 heavy (non-hydrogen) atoms. The van der Waals surface area contributed by atoms with Gasteiger partial charge in [0, 0.05) is 0 Å². The molecule has 0 aliphatic carbocycles. The van der Waals surface area contributed by atoms with Gasteiger partial charge >= 0.3 is 5.97 Å². The Hall–Kier alpha value is -0.570. The molecule has 0 saturated carbocycles. The molecule has 0 spiro atoms. The minimum Gasteiger partial charge on any atom is -0.479 e. The highest BCUT2D eigenvalue weighted by Crippen LogP contribution is 2.21. The Morgan fingerprint density at radius 2 is 2.40 bits per heavy atom. The zero-order valence-electron chi connectivity index (χ0n) is 6.04. The number of carbonyl (C=O) groups is 1. The number of hydrogen-bond donors (Lipinski definition) is 1. The molecule has 0 amide bonds. The highest BCUT2D eigenvalue weighted by molar-refractivity contribution is 5.72. The van der Waals surface area contributed by atoms with E-state index in [0.717, 1.165) is 12.8 Å². The number of rotatable bonds is 2. The molecule has 1 saturated heterocycles. The Bertz CT molecular complexity index is 133. The fraction of sp³-hybridized carbons (Fsp3) is 0.857. The summed E-state index contributed by atoms with van der Waals surface area (Å²) in [5.74, 6) is -0.823. The number of aliphatic carboxylic acids is 1. The molecule has 1 aliphatic rings. The van der Waals surface area contributed by atoms with E-state index in [1.165, 1.54) is 0 Å². The first-order valence-corrected chi connectivity index (χ1v) is 3.62. The third-order valence-corrected chi connectivity index (χ3v) is 1.84. The van der Waals surface area contributed by atoms with Gasteiger partial charge in [0.05, 0.1) is 6.10 Å². The lowest BCUT2D eigenvalue weighted by molar-refractivity contribution is -0.149. The predicted octanol–water partition coefficient (Wildman–Crippen LogP) is 1.03. The van der Waals surface area contributed by atoms with Crippen LogP contribution in [0.3, 0.4) is 0 Å². The molecule has 3 heteroatoms. The number of carboxylic acids is 1. The van der Waals surface area contributed by atoms with Crippen LogP contribution in [-0.2, 0) is 9.53 Å². The van der Waals surface area contributed by atoms with Crippen LogP contribution >= 0.6 is 0 Å². The van der Waals surface area contributed by atoms with Crippen molar-refractivity contribution in [3.8, 4) is 0 Å². The second-order valence-electron chi connectivity index (χ2n) is 2.57. The van der Waals surface area contributed by atoms with E-state index in [-0.39, 0.29) is 6.10 Å². The van der Waals surface area contributed by atoms with Crippen LogP contribution in [0.2, 0.25) is 0 Å². The van der Waals surface area contributed by atoms with Gasteiger partial charge in [-0.1, -0.05) is 6.92 Å². The average Bonchev–Trinajstić information content (AvgIpc) is 2.34. The van der Waals surface area contributed by atoms with Gasteiger partial charge in [-0.2, -0.15) is 0 Å². The molecule has 0 aromatic carbocycles. The lowest BCUT2D eigenvalue weighted by atomic mass is 10.2. The molecule has 3 nitrogen and oxygen atoms in total. The molecule has 0 unspecified atom stereocenters. The largest absolute Gasteiger partial charge is 0.479 e. The molecule has 0 aromatic rings. The zero-order chi connectivity index (χ0) is 7.56. The van der Waals surface area contributed by atoms with E-state index in [1.54, 1.807) is 0 Å². The van der Waals surface area contributed by atoms with Gasteiger partial charge in [-0.05, 0) is 19.3 Å². The van der Waals surface area contributed by atoms with Crippen LogP contribution in [0.25, 0.3) is 0 Å². The summed E-state index contributed by atoms with van der Waals surface area (Å²) in [7, 11) is 0. The summed E-state index contributed by atoms with van der Waals surface area (Å²) in [5.41, 5.74) is 0. The smallest absolute Gasteiger partial charge is 0.332 e. The SMILES string of the molecule is CC[C@H]1CC[C@@H](C(=O)O)O1. The molecule has 0 aromatic heterocycles. The maximum Gasteiger partial charge on any atom is 0.332 e. The molecule has 0 radical (unpaired) electrons. The lowest BCUT2D eigenvalue weighted by Gasteiger charge is -2.06. The van der Waals surface area contributed by atoms with Crippen molar-refractivity contribution in [2.45, 2.75) is 38.4 Å². The molecule has 1 rings (SSSR count). The Balaban J connectivity index is 2.35. The minimum absolute atomic E-state index is 0.182. The molecule has 58 valence electrons. The van der Waals surface area contributed by atoms with E-state index >= 15 is 0 Å². The summed E-state index contributed by atoms with van der Waals surface area (Å²) in [5, 5.41) is 8.50. The van der Waals surface area contributed by atoms with Crippen LogP contribution < -0.4 is 0 Å². The van der Waals surface area contributed by atoms with Crippen molar-refractivity contribution in [3.05, 3.63) is 0 Å². The van der Waals surface area contributed by atoms with Gasteiger partial charge in [0.1, 0.15) is 0 Å². The Morgan fingerprint density at radius 3 is 2.70 bits per heavy atom. The normalized spacial score (nSPS) is 32.5. The van der Waals surface area contributed by atoms with Gasteiger partial charge < -0.3 is 9.84 Å². The standard InChI is InChI=1S/C7H12O3/c1-2-5-3-4-6(10-5)7(8)9/h5-6H,2-4H2,1H3,(H,8,9)/t5-,6-/m0/s1. The third kappa shape index (κ3) is 1.48. The third-order valence-electron chi connectivity index (χ3n) is 1.84. The molecular formula is C7H12O3. The van der Waals surface area contributed by atoms with E-state index < -0.39 is 12.1 Å². The Kier molecular flexibility index (Phi) is 2.27. The first kappa shape index (κ1) is 7.54. The van der Waals surface area contributed by atoms with E-state index in [0.29, 0.717) is 6.42 Å². The molecule has 1 heterocycles. The molecule has 1 fully saturated rings. The fourth-order valence-electron chi connectivity index (χ4n) is 1.19. The van der Waals surface area contributed by atoms with Crippen molar-refractivity contribution < 1.29 is 14.6 Å². The quantitative estimate of drug-likeness (QED) is 0.629. The van der Waals surface area contributed by atoms with Crippen molar-refractivity contribution in [2.24, 2.45) is 0 Å². The topological polar surface area (TPSA) is 46.5 Å². The first-order valence-electron chi connectivity index (χ1n) is 3.62. The second-order valence-corrected chi connectivity index (χ2v) is 2.57. The zero-order valence-corrected chi connectivity index (χ0v) is 6.04. The summed E-state index contributed by atoms with van der Waals surface area (Å²) in [6, 6.07) is 0. The van der Waals surface area contributed by atoms with Crippen LogP contribution in [0.15, 0.2) is 0 Å². The van der Waals surface area contributed by atoms with Gasteiger partial charge in [0.15, 0.2) is 6.10 Å². The van der Waals surface area contributed by atoms with Crippen LogP contribution in [0.5, 0.6) is 0 Å². The van der Waals surface area contributed by atoms with Gasteiger partial charge in [-0.3, -0.25) is 0 Å². The van der Waals surface area contributed by atoms with Crippen LogP contribution in [0, 0.1) is 0 Å². The first-order chi connectivity index (χ1) is 4.74. The molecule has 1 N–H and O–H groups in total. The molecular weight excluding hydrogens is 132 g/mol. The summed E-state index contributed by atoms with van der Waals surface area (Å²) in [4.78, 5) is 10.3. The van der Waals surface area contributed by atoms with Crippen molar-refractivity contribution in [1.82, 2.24) is 0 Å². The van der Waals surface area contributed by atoms with Crippen molar-refractivity contribution in [1.29, 1.82) is 0 Å². The summed E-state index contributed by atoms with van der Waals surface area (Å²) in [6.07, 6.45) is 2.14. The van der Waals surface area contributed by atoms with E-state index in [4.69, 9.17) is 9.84 Å². The summed E-state index contributed by atoms with van der Waals surface area (Å²) in [6.45, 7) is 2.01. The van der Waals surface area contributed by atoms with Crippen molar-refractivity contribution >= 4 is 5.97 Å². The van der Waals surface area contributed by atoms with E-state index in [1.807, 2.05) is 6.92 Å². The van der Waals surface area contributed by atoms with E-state index in [2.05, 4.69) is 0 Å². The van der Waals surface area contributed by atoms with Gasteiger partial charge in [0.2, 0.25) is 0 Å². The van der Waals surface area contributed by atoms with Crippen LogP contribution in [0.1, 0.15) is 26.2 Å². The second kappa shape index (κ2) is 3.01. The van der Waals surface area contributed by atoms with Crippen LogP contribution in [-0.4, -0.2) is 23.3 Å². The summed E-state index contributed by atoms with van der Waals surface area (Å²) < 4.78 is 5.17. The van der Waals surface area contributed by atoms with Crippen molar-refractivity contribution in [2.75, 3.05) is 0 Å². The molecule has 0 bridgehead atoms. The Morgan fingerprint density at radius 1 is 1.70 bits per heavy atom. The minimum atomic E-state index is -0.823. The van der Waals surface area contributed by atoms with E-state index in [9.17, 15) is 4.79 Å². The number of ether oxygens (including phenoxy) is 1. The monoisotopic (exact) mass is 144 g/mol. The van der Waals surface area contributed by atoms with Crippen LogP contribution in [0.4, 0.5) is 0 Å². The van der Waals surface area contributed by atoms with Gasteiger partial charge in [0.25, 0.3) is 0 Å². The van der Waals surface area contributed by atoms with Gasteiger partial charge in [-0.15, -0.1) is 0 Å². The molecule has 2 atom stereocenters.